The van der Waals surface area contributed by atoms with Gasteiger partial charge in [0.1, 0.15) is 0 Å². The summed E-state index contributed by atoms with van der Waals surface area (Å²) < 4.78 is 0.695. The minimum atomic E-state index is -0.227. The van der Waals surface area contributed by atoms with Gasteiger partial charge in [0.15, 0.2) is 0 Å². The van der Waals surface area contributed by atoms with Crippen molar-refractivity contribution >= 4 is 35.1 Å². The van der Waals surface area contributed by atoms with Gasteiger partial charge in [-0.1, -0.05) is 44.5 Å². The Morgan fingerprint density at radius 2 is 1.86 bits per heavy atom. The van der Waals surface area contributed by atoms with Gasteiger partial charge in [0.2, 0.25) is 0 Å². The van der Waals surface area contributed by atoms with Crippen molar-refractivity contribution in [3.63, 3.8) is 0 Å². The molecule has 0 saturated heterocycles. The highest BCUT2D eigenvalue weighted by Gasteiger charge is 2.14. The van der Waals surface area contributed by atoms with Crippen LogP contribution in [0.4, 0.5) is 0 Å². The lowest BCUT2D eigenvalue weighted by molar-refractivity contribution is 0.0955. The molecule has 21 heavy (non-hydrogen) atoms. The number of hydrogen-bond acceptors (Lipinski definition) is 3. The van der Waals surface area contributed by atoms with Crippen molar-refractivity contribution in [3.05, 3.63) is 56.7 Å². The van der Waals surface area contributed by atoms with Crippen LogP contribution in [0.25, 0.3) is 0 Å². The Morgan fingerprint density at radius 3 is 2.38 bits per heavy atom. The number of carbonyl (C=O) groups excluding carboxylic acids is 1. The summed E-state index contributed by atoms with van der Waals surface area (Å²) >= 11 is 7.22. The van der Waals surface area contributed by atoms with E-state index in [1.165, 1.54) is 16.9 Å². The summed E-state index contributed by atoms with van der Waals surface area (Å²) in [7, 11) is 0. The molecule has 1 aromatic carbocycles. The largest absolute Gasteiger partial charge is 0.271 e. The predicted molar refractivity (Wildman–Crippen MR) is 89.5 cm³/mol. The van der Waals surface area contributed by atoms with Crippen molar-refractivity contribution in [2.45, 2.75) is 26.2 Å². The van der Waals surface area contributed by atoms with Crippen molar-refractivity contribution < 1.29 is 4.79 Å². The van der Waals surface area contributed by atoms with Crippen LogP contribution in [0.15, 0.2) is 41.5 Å². The summed E-state index contributed by atoms with van der Waals surface area (Å²) in [5.41, 5.74) is 4.36. The maximum absolute atomic E-state index is 12.0. The molecule has 5 heteroatoms. The van der Waals surface area contributed by atoms with Gasteiger partial charge < -0.3 is 0 Å². The third kappa shape index (κ3) is 4.41. The molecule has 1 amide bonds. The van der Waals surface area contributed by atoms with Crippen LogP contribution in [0.5, 0.6) is 0 Å². The molecule has 0 aliphatic rings. The number of rotatable bonds is 3. The van der Waals surface area contributed by atoms with Gasteiger partial charge in [-0.2, -0.15) is 5.10 Å². The Kier molecular flexibility index (Phi) is 4.80. The molecule has 0 aliphatic carbocycles. The maximum Gasteiger partial charge on any atom is 0.271 e. The van der Waals surface area contributed by atoms with Gasteiger partial charge in [-0.05, 0) is 35.2 Å². The molecule has 0 spiro atoms. The van der Waals surface area contributed by atoms with Gasteiger partial charge >= 0.3 is 0 Å². The lowest BCUT2D eigenvalue weighted by Crippen LogP contribution is -2.18. The molecule has 0 fully saturated rings. The zero-order chi connectivity index (χ0) is 15.5. The minimum absolute atomic E-state index is 0.0750. The monoisotopic (exact) mass is 320 g/mol. The van der Waals surface area contributed by atoms with Gasteiger partial charge in [0, 0.05) is 10.4 Å². The van der Waals surface area contributed by atoms with Gasteiger partial charge in [-0.15, -0.1) is 11.3 Å². The van der Waals surface area contributed by atoms with Crippen LogP contribution in [0, 0.1) is 0 Å². The number of benzene rings is 1. The zero-order valence-corrected chi connectivity index (χ0v) is 13.8. The predicted octanol–water partition coefficient (Wildman–Crippen LogP) is 4.46. The van der Waals surface area contributed by atoms with E-state index in [9.17, 15) is 4.79 Å². The summed E-state index contributed by atoms with van der Waals surface area (Å²) in [4.78, 5) is 12.8. The standard InChI is InChI=1S/C16H17ClN2OS/c1-16(2,3)12-6-4-11(5-7-12)15(20)19-18-10-13-8-9-14(17)21-13/h4-10H,1-3H3,(H,19,20). The second kappa shape index (κ2) is 6.41. The van der Waals surface area contributed by atoms with Crippen LogP contribution in [-0.4, -0.2) is 12.1 Å². The van der Waals surface area contributed by atoms with E-state index in [1.807, 2.05) is 30.3 Å². The summed E-state index contributed by atoms with van der Waals surface area (Å²) in [6, 6.07) is 11.2. The fraction of sp³-hybridized carbons (Fsp3) is 0.250. The molecule has 110 valence electrons. The molecule has 1 aromatic heterocycles. The minimum Gasteiger partial charge on any atom is -0.267 e. The Balaban J connectivity index is 1.99. The van der Waals surface area contributed by atoms with Crippen molar-refractivity contribution in [1.29, 1.82) is 0 Å². The topological polar surface area (TPSA) is 41.5 Å². The molecule has 0 aliphatic heterocycles. The number of hydrazone groups is 1. The first-order chi connectivity index (χ1) is 9.86. The van der Waals surface area contributed by atoms with E-state index in [4.69, 9.17) is 11.6 Å². The first-order valence-corrected chi connectivity index (χ1v) is 7.75. The highest BCUT2D eigenvalue weighted by molar-refractivity contribution is 7.17. The fourth-order valence-corrected chi connectivity index (χ4v) is 2.67. The van der Waals surface area contributed by atoms with Gasteiger partial charge in [-0.25, -0.2) is 5.43 Å². The molecular weight excluding hydrogens is 304 g/mol. The van der Waals surface area contributed by atoms with Gasteiger partial charge in [0.25, 0.3) is 5.91 Å². The number of nitrogens with zero attached hydrogens (tertiary/aromatic N) is 1. The molecular formula is C16H17ClN2OS. The molecule has 0 radical (unpaired) electrons. The molecule has 3 nitrogen and oxygen atoms in total. The average molecular weight is 321 g/mol. The Bertz CT molecular complexity index is 654. The number of hydrogen-bond donors (Lipinski definition) is 1. The van der Waals surface area contributed by atoms with Crippen molar-refractivity contribution in [2.75, 3.05) is 0 Å². The average Bonchev–Trinajstić information content (AvgIpc) is 2.83. The molecule has 1 heterocycles. The summed E-state index contributed by atoms with van der Waals surface area (Å²) in [6.45, 7) is 6.41. The Labute approximate surface area is 133 Å². The third-order valence-corrected chi connectivity index (χ3v) is 4.13. The van der Waals surface area contributed by atoms with Gasteiger partial charge in [0.05, 0.1) is 10.6 Å². The van der Waals surface area contributed by atoms with Crippen LogP contribution in [0.2, 0.25) is 4.34 Å². The maximum atomic E-state index is 12.0. The summed E-state index contributed by atoms with van der Waals surface area (Å²) in [6.07, 6.45) is 1.58. The Hall–Kier alpha value is -1.65. The van der Waals surface area contributed by atoms with E-state index in [2.05, 4.69) is 31.3 Å². The second-order valence-corrected chi connectivity index (χ2v) is 7.42. The molecule has 2 aromatic rings. The van der Waals surface area contributed by atoms with E-state index in [1.54, 1.807) is 12.3 Å². The first kappa shape index (κ1) is 15.7. The number of amides is 1. The van der Waals surface area contributed by atoms with Crippen LogP contribution in [-0.2, 0) is 5.41 Å². The van der Waals surface area contributed by atoms with Crippen molar-refractivity contribution in [3.8, 4) is 0 Å². The number of carbonyl (C=O) groups is 1. The van der Waals surface area contributed by atoms with E-state index >= 15 is 0 Å². The molecule has 0 unspecified atom stereocenters. The molecule has 1 N–H and O–H groups in total. The summed E-state index contributed by atoms with van der Waals surface area (Å²) in [5, 5.41) is 3.93. The fourth-order valence-electron chi connectivity index (χ4n) is 1.74. The summed E-state index contributed by atoms with van der Waals surface area (Å²) in [5.74, 6) is -0.227. The lowest BCUT2D eigenvalue weighted by atomic mass is 9.87. The van der Waals surface area contributed by atoms with Crippen LogP contribution >= 0.6 is 22.9 Å². The SMILES string of the molecule is CC(C)(C)c1ccc(C(=O)NN=Cc2ccc(Cl)s2)cc1. The lowest BCUT2D eigenvalue weighted by Gasteiger charge is -2.18. The first-order valence-electron chi connectivity index (χ1n) is 6.55. The van der Waals surface area contributed by atoms with Crippen molar-refractivity contribution in [1.82, 2.24) is 5.43 Å². The van der Waals surface area contributed by atoms with Gasteiger partial charge in [-0.3, -0.25) is 4.79 Å². The van der Waals surface area contributed by atoms with E-state index in [0.717, 1.165) is 4.88 Å². The molecule has 0 saturated carbocycles. The molecule has 0 atom stereocenters. The normalized spacial score (nSPS) is 11.8. The van der Waals surface area contributed by atoms with Crippen LogP contribution in [0.3, 0.4) is 0 Å². The number of nitrogens with one attached hydrogen (secondary N) is 1. The van der Waals surface area contributed by atoms with E-state index in [-0.39, 0.29) is 11.3 Å². The number of thiophene rings is 1. The quantitative estimate of drug-likeness (QED) is 0.658. The van der Waals surface area contributed by atoms with E-state index in [0.29, 0.717) is 9.90 Å². The van der Waals surface area contributed by atoms with Crippen molar-refractivity contribution in [2.24, 2.45) is 5.10 Å². The molecule has 0 bridgehead atoms. The van der Waals surface area contributed by atoms with Crippen LogP contribution in [0.1, 0.15) is 41.6 Å². The Morgan fingerprint density at radius 1 is 1.19 bits per heavy atom. The third-order valence-electron chi connectivity index (χ3n) is 2.96. The second-order valence-electron chi connectivity index (χ2n) is 5.67. The zero-order valence-electron chi connectivity index (χ0n) is 12.2. The highest BCUT2D eigenvalue weighted by Crippen LogP contribution is 2.22. The van der Waals surface area contributed by atoms with Crippen LogP contribution < -0.4 is 5.43 Å². The highest BCUT2D eigenvalue weighted by atomic mass is 35.5. The smallest absolute Gasteiger partial charge is 0.267 e. The van der Waals surface area contributed by atoms with E-state index < -0.39 is 0 Å². The number of halogens is 1. The molecule has 2 rings (SSSR count).